The van der Waals surface area contributed by atoms with Crippen molar-refractivity contribution in [3.05, 3.63) is 41.0 Å². The van der Waals surface area contributed by atoms with E-state index >= 15 is 0 Å². The van der Waals surface area contributed by atoms with Gasteiger partial charge in [-0.3, -0.25) is 4.79 Å². The maximum Gasteiger partial charge on any atom is 0.337 e. The number of benzene rings is 1. The molecule has 1 aliphatic heterocycles. The maximum atomic E-state index is 14.0. The number of amides is 1. The molecule has 26 heavy (non-hydrogen) atoms. The molecule has 0 atom stereocenters. The molecule has 0 saturated carbocycles. The molecule has 138 valence electrons. The van der Waals surface area contributed by atoms with Crippen molar-refractivity contribution in [1.29, 1.82) is 0 Å². The number of hydrogen-bond donors (Lipinski definition) is 2. The smallest absolute Gasteiger partial charge is 0.337 e. The van der Waals surface area contributed by atoms with Gasteiger partial charge < -0.3 is 15.4 Å². The van der Waals surface area contributed by atoms with Crippen LogP contribution in [-0.4, -0.2) is 47.1 Å². The highest BCUT2D eigenvalue weighted by Gasteiger charge is 2.23. The highest BCUT2D eigenvalue weighted by Crippen LogP contribution is 2.22. The van der Waals surface area contributed by atoms with E-state index in [1.54, 1.807) is 11.6 Å². The van der Waals surface area contributed by atoms with Gasteiger partial charge in [-0.25, -0.2) is 13.9 Å². The van der Waals surface area contributed by atoms with Gasteiger partial charge >= 0.3 is 5.97 Å². The second kappa shape index (κ2) is 7.61. The second-order valence-electron chi connectivity index (χ2n) is 6.09. The normalized spacial score (nSPS) is 14.9. The van der Waals surface area contributed by atoms with Crippen LogP contribution in [0, 0.1) is 12.7 Å². The summed E-state index contributed by atoms with van der Waals surface area (Å²) in [5, 5.41) is 13.8. The highest BCUT2D eigenvalue weighted by molar-refractivity contribution is 6.04. The number of carbonyl (C=O) groups is 2. The molecule has 1 aliphatic rings. The molecule has 0 bridgehead atoms. The van der Waals surface area contributed by atoms with Crippen molar-refractivity contribution in [1.82, 2.24) is 20.3 Å². The van der Waals surface area contributed by atoms with Crippen LogP contribution in [0.15, 0.2) is 18.2 Å². The van der Waals surface area contributed by atoms with E-state index in [-0.39, 0.29) is 23.0 Å². The van der Waals surface area contributed by atoms with Crippen molar-refractivity contribution in [2.75, 3.05) is 25.5 Å². The van der Waals surface area contributed by atoms with Gasteiger partial charge in [-0.2, -0.15) is 0 Å². The Morgan fingerprint density at radius 1 is 1.35 bits per heavy atom. The molecule has 1 amide bonds. The number of ether oxygens (including phenoxy) is 1. The number of aromatic nitrogens is 3. The van der Waals surface area contributed by atoms with Crippen molar-refractivity contribution in [3.63, 3.8) is 0 Å². The topological polar surface area (TPSA) is 98.1 Å². The zero-order valence-corrected chi connectivity index (χ0v) is 14.6. The Kier molecular flexibility index (Phi) is 5.27. The molecule has 0 aliphatic carbocycles. The Morgan fingerprint density at radius 3 is 2.77 bits per heavy atom. The quantitative estimate of drug-likeness (QED) is 0.804. The molecule has 0 radical (unpaired) electrons. The van der Waals surface area contributed by atoms with Crippen LogP contribution in [0.25, 0.3) is 0 Å². The first-order chi connectivity index (χ1) is 12.5. The summed E-state index contributed by atoms with van der Waals surface area (Å²) in [6.07, 6.45) is 1.81. The third-order valence-electron chi connectivity index (χ3n) is 4.43. The van der Waals surface area contributed by atoms with Gasteiger partial charge in [0.1, 0.15) is 5.82 Å². The van der Waals surface area contributed by atoms with E-state index in [1.165, 1.54) is 19.2 Å². The summed E-state index contributed by atoms with van der Waals surface area (Å²) in [5.41, 5.74) is 0.776. The maximum absolute atomic E-state index is 14.0. The third kappa shape index (κ3) is 3.57. The fourth-order valence-electron chi connectivity index (χ4n) is 3.00. The lowest BCUT2D eigenvalue weighted by Gasteiger charge is -2.23. The first-order valence-electron chi connectivity index (χ1n) is 8.33. The second-order valence-corrected chi connectivity index (χ2v) is 6.09. The minimum absolute atomic E-state index is 0.117. The van der Waals surface area contributed by atoms with E-state index in [0.29, 0.717) is 5.69 Å². The van der Waals surface area contributed by atoms with Crippen LogP contribution in [0.2, 0.25) is 0 Å². The van der Waals surface area contributed by atoms with E-state index in [0.717, 1.165) is 32.0 Å². The lowest BCUT2D eigenvalue weighted by molar-refractivity contribution is 0.0600. The Hall–Kier alpha value is -2.81. The van der Waals surface area contributed by atoms with E-state index in [2.05, 4.69) is 25.7 Å². The highest BCUT2D eigenvalue weighted by atomic mass is 19.1. The molecule has 1 saturated heterocycles. The van der Waals surface area contributed by atoms with Crippen molar-refractivity contribution < 1.29 is 18.7 Å². The van der Waals surface area contributed by atoms with Crippen LogP contribution in [-0.2, 0) is 4.74 Å². The number of anilines is 1. The molecule has 1 aromatic carbocycles. The van der Waals surface area contributed by atoms with Gasteiger partial charge in [0.05, 0.1) is 30.1 Å². The molecule has 2 N–H and O–H groups in total. The molecule has 0 spiro atoms. The molecule has 2 heterocycles. The van der Waals surface area contributed by atoms with Crippen molar-refractivity contribution in [3.8, 4) is 0 Å². The van der Waals surface area contributed by atoms with Gasteiger partial charge in [-0.05, 0) is 51.1 Å². The van der Waals surface area contributed by atoms with Crippen LogP contribution < -0.4 is 10.6 Å². The first kappa shape index (κ1) is 18.0. The number of carbonyl (C=O) groups excluding carboxylic acids is 2. The molecule has 0 unspecified atom stereocenters. The molecule has 1 aromatic heterocycles. The van der Waals surface area contributed by atoms with Gasteiger partial charge in [0.15, 0.2) is 5.69 Å². The lowest BCUT2D eigenvalue weighted by Crippen LogP contribution is -2.30. The predicted octanol–water partition coefficient (Wildman–Crippen LogP) is 1.69. The fourth-order valence-corrected chi connectivity index (χ4v) is 3.00. The average molecular weight is 361 g/mol. The molecule has 9 heteroatoms. The van der Waals surface area contributed by atoms with Gasteiger partial charge in [0, 0.05) is 0 Å². The molecule has 1 fully saturated rings. The van der Waals surface area contributed by atoms with Crippen LogP contribution >= 0.6 is 0 Å². The summed E-state index contributed by atoms with van der Waals surface area (Å²) >= 11 is 0. The van der Waals surface area contributed by atoms with E-state index in [4.69, 9.17) is 0 Å². The van der Waals surface area contributed by atoms with Crippen molar-refractivity contribution in [2.45, 2.75) is 25.8 Å². The molecule has 8 nitrogen and oxygen atoms in total. The lowest BCUT2D eigenvalue weighted by atomic mass is 10.1. The summed E-state index contributed by atoms with van der Waals surface area (Å²) in [5.74, 6) is -1.86. The Bertz CT molecular complexity index is 830. The van der Waals surface area contributed by atoms with Crippen LogP contribution in [0.4, 0.5) is 10.1 Å². The molecule has 2 aromatic rings. The number of nitrogens with one attached hydrogen (secondary N) is 2. The summed E-state index contributed by atoms with van der Waals surface area (Å²) in [4.78, 5) is 24.1. The van der Waals surface area contributed by atoms with Crippen LogP contribution in [0.3, 0.4) is 0 Å². The predicted molar refractivity (Wildman–Crippen MR) is 91.6 cm³/mol. The van der Waals surface area contributed by atoms with Gasteiger partial charge in [0.25, 0.3) is 5.91 Å². The Morgan fingerprint density at radius 2 is 2.08 bits per heavy atom. The van der Waals surface area contributed by atoms with Crippen LogP contribution in [0.1, 0.15) is 45.4 Å². The van der Waals surface area contributed by atoms with E-state index in [9.17, 15) is 14.0 Å². The third-order valence-corrected chi connectivity index (χ3v) is 4.43. The minimum atomic E-state index is -0.658. The van der Waals surface area contributed by atoms with E-state index in [1.807, 2.05) is 0 Å². The number of nitrogens with zero attached hydrogens (tertiary/aromatic N) is 3. The zero-order valence-electron chi connectivity index (χ0n) is 14.6. The molecular weight excluding hydrogens is 341 g/mol. The Balaban J connectivity index is 1.80. The largest absolute Gasteiger partial charge is 0.465 e. The first-order valence-corrected chi connectivity index (χ1v) is 8.33. The number of hydrogen-bond acceptors (Lipinski definition) is 6. The number of halogens is 1. The summed E-state index contributed by atoms with van der Waals surface area (Å²) in [6, 6.07) is 3.80. The average Bonchev–Trinajstić information content (AvgIpc) is 3.05. The van der Waals surface area contributed by atoms with Crippen molar-refractivity contribution in [2.24, 2.45) is 0 Å². The molecule has 3 rings (SSSR count). The van der Waals surface area contributed by atoms with Crippen LogP contribution in [0.5, 0.6) is 0 Å². The van der Waals surface area contributed by atoms with E-state index < -0.39 is 17.7 Å². The number of esters is 1. The minimum Gasteiger partial charge on any atom is -0.465 e. The number of methoxy groups -OCH3 is 1. The molecular formula is C17H20FN5O3. The summed E-state index contributed by atoms with van der Waals surface area (Å²) in [7, 11) is 1.23. The Labute approximate surface area is 149 Å². The van der Waals surface area contributed by atoms with Gasteiger partial charge in [-0.15, -0.1) is 5.10 Å². The van der Waals surface area contributed by atoms with Gasteiger partial charge in [0.2, 0.25) is 0 Å². The summed E-state index contributed by atoms with van der Waals surface area (Å²) < 4.78 is 20.3. The van der Waals surface area contributed by atoms with Crippen molar-refractivity contribution >= 4 is 17.6 Å². The SMILES string of the molecule is COC(=O)c1ccc(F)c(NC(=O)c2nnn(C3CCNCC3)c2C)c1. The van der Waals surface area contributed by atoms with Gasteiger partial charge in [-0.1, -0.05) is 5.21 Å². The fraction of sp³-hybridized carbons (Fsp3) is 0.412. The number of rotatable bonds is 4. The zero-order chi connectivity index (χ0) is 18.7. The standard InChI is InChI=1S/C17H20FN5O3/c1-10-15(21-22-23(10)12-5-7-19-8-6-12)16(24)20-14-9-11(17(25)26-2)3-4-13(14)18/h3-4,9,12,19H,5-8H2,1-2H3,(H,20,24). The summed E-state index contributed by atoms with van der Waals surface area (Å²) in [6.45, 7) is 3.53. The monoisotopic (exact) mass is 361 g/mol. The number of piperidine rings is 1.